The fraction of sp³-hybridized carbons (Fsp3) is 0.619. The second-order valence-corrected chi connectivity index (χ2v) is 7.87. The Balaban J connectivity index is -0.000000376. The van der Waals surface area contributed by atoms with E-state index in [0.717, 1.165) is 13.1 Å². The summed E-state index contributed by atoms with van der Waals surface area (Å²) in [7, 11) is 0. The highest BCUT2D eigenvalue weighted by atomic mass is 16.2. The summed E-state index contributed by atoms with van der Waals surface area (Å²) in [5, 5.41) is 5.97. The Morgan fingerprint density at radius 1 is 1.12 bits per heavy atom. The van der Waals surface area contributed by atoms with Gasteiger partial charge in [-0.05, 0) is 11.8 Å². The van der Waals surface area contributed by atoms with E-state index in [1.165, 1.54) is 6.20 Å². The number of H-pyrrole nitrogens is 1. The first-order valence-electron chi connectivity index (χ1n) is 10.4. The molecular formula is C21H40N6O5. The van der Waals surface area contributed by atoms with E-state index in [2.05, 4.69) is 20.6 Å². The van der Waals surface area contributed by atoms with Crippen LogP contribution in [0, 0.1) is 11.8 Å². The van der Waals surface area contributed by atoms with Gasteiger partial charge in [0.2, 0.25) is 11.8 Å². The van der Waals surface area contributed by atoms with Crippen molar-refractivity contribution in [3.63, 3.8) is 0 Å². The standard InChI is InChI=1S/C7H14N2O.C7H10N2O.C5H12N2O.C2H2O2.H2/c2*1-5(2)6-7(10)9-4-3-8-6;1-3(2)4(6)5(7)8;3-1-2-4;/h5-6,8H,3-4H2,1-2H3,(H,9,10);3-5H,1-2H3,(H,9,10);3-4H,6H2,1-2H3,(H2,7,8);1-2H;1H. The lowest BCUT2D eigenvalue weighted by Gasteiger charge is -2.26. The molecule has 2 atom stereocenters. The molecule has 2 amide bonds. The van der Waals surface area contributed by atoms with Crippen molar-refractivity contribution in [3.8, 4) is 0 Å². The molecule has 7 N–H and O–H groups in total. The molecule has 1 saturated heterocycles. The third-order valence-electron chi connectivity index (χ3n) is 4.12. The molecule has 0 radical (unpaired) electrons. The number of amides is 2. The van der Waals surface area contributed by atoms with E-state index in [1.54, 1.807) is 6.20 Å². The molecule has 0 saturated carbocycles. The molecule has 1 aliphatic heterocycles. The largest absolute Gasteiger partial charge is 0.368 e. The van der Waals surface area contributed by atoms with E-state index in [0.29, 0.717) is 11.6 Å². The number of aromatic amines is 1. The van der Waals surface area contributed by atoms with Crippen molar-refractivity contribution in [1.29, 1.82) is 0 Å². The van der Waals surface area contributed by atoms with Gasteiger partial charge in [-0.25, -0.2) is 0 Å². The highest BCUT2D eigenvalue weighted by Gasteiger charge is 2.23. The maximum absolute atomic E-state index is 11.1. The van der Waals surface area contributed by atoms with Gasteiger partial charge in [-0.3, -0.25) is 29.0 Å². The van der Waals surface area contributed by atoms with Crippen LogP contribution in [-0.2, 0) is 19.2 Å². The van der Waals surface area contributed by atoms with E-state index in [9.17, 15) is 14.4 Å². The Kier molecular flexibility index (Phi) is 17.3. The average Bonchev–Trinajstić information content (AvgIpc) is 2.74. The summed E-state index contributed by atoms with van der Waals surface area (Å²) in [4.78, 5) is 56.4. The molecule has 11 nitrogen and oxygen atoms in total. The van der Waals surface area contributed by atoms with Crippen LogP contribution in [0.1, 0.15) is 54.6 Å². The Hall–Kier alpha value is -2.92. The molecule has 1 aromatic heterocycles. The summed E-state index contributed by atoms with van der Waals surface area (Å²) in [6, 6.07) is -0.469. The molecule has 0 spiro atoms. The zero-order chi connectivity index (χ0) is 25.3. The number of piperazine rings is 1. The average molecular weight is 457 g/mol. The first-order chi connectivity index (χ1) is 14.9. The van der Waals surface area contributed by atoms with E-state index in [4.69, 9.17) is 21.1 Å². The van der Waals surface area contributed by atoms with Crippen LogP contribution in [0.15, 0.2) is 17.2 Å². The van der Waals surface area contributed by atoms with Crippen molar-refractivity contribution in [2.45, 2.75) is 59.5 Å². The lowest BCUT2D eigenvalue weighted by atomic mass is 10.0. The molecule has 1 aromatic rings. The van der Waals surface area contributed by atoms with Gasteiger partial charge < -0.3 is 27.1 Å². The first kappa shape index (κ1) is 31.3. The maximum Gasteiger partial charge on any atom is 0.269 e. The number of rotatable bonds is 5. The molecule has 0 aliphatic carbocycles. The van der Waals surface area contributed by atoms with Gasteiger partial charge >= 0.3 is 0 Å². The number of primary amides is 1. The van der Waals surface area contributed by atoms with Crippen LogP contribution in [0.25, 0.3) is 0 Å². The van der Waals surface area contributed by atoms with Crippen molar-refractivity contribution in [2.75, 3.05) is 13.1 Å². The SMILES string of the molecule is CC(C)C(N)C(N)=O.CC(C)C1NCCNC1=O.CC(C)c1ncc[nH]c1=O.O=CC=O.[HH]. The predicted octanol–water partition coefficient (Wildman–Crippen LogP) is -0.291. The molecular weight excluding hydrogens is 416 g/mol. The normalized spacial score (nSPS) is 15.7. The van der Waals surface area contributed by atoms with Gasteiger partial charge in [-0.1, -0.05) is 41.5 Å². The monoisotopic (exact) mass is 456 g/mol. The number of carbonyl (C=O) groups is 4. The van der Waals surface area contributed by atoms with Crippen LogP contribution >= 0.6 is 0 Å². The van der Waals surface area contributed by atoms with Gasteiger partial charge in [-0.2, -0.15) is 0 Å². The van der Waals surface area contributed by atoms with Gasteiger partial charge in [0.05, 0.1) is 12.1 Å². The van der Waals surface area contributed by atoms with Crippen molar-refractivity contribution < 1.29 is 20.6 Å². The van der Waals surface area contributed by atoms with Crippen molar-refractivity contribution in [2.24, 2.45) is 23.3 Å². The van der Waals surface area contributed by atoms with Crippen LogP contribution in [0.3, 0.4) is 0 Å². The summed E-state index contributed by atoms with van der Waals surface area (Å²) in [6.45, 7) is 13.3. The molecule has 32 heavy (non-hydrogen) atoms. The van der Waals surface area contributed by atoms with E-state index in [-0.39, 0.29) is 43.3 Å². The predicted molar refractivity (Wildman–Crippen MR) is 125 cm³/mol. The summed E-state index contributed by atoms with van der Waals surface area (Å²) in [5.41, 5.74) is 10.7. The lowest BCUT2D eigenvalue weighted by Crippen LogP contribution is -2.55. The molecule has 0 bridgehead atoms. The van der Waals surface area contributed by atoms with Gasteiger partial charge in [0.1, 0.15) is 5.69 Å². The van der Waals surface area contributed by atoms with Crippen LogP contribution in [0.5, 0.6) is 0 Å². The fourth-order valence-electron chi connectivity index (χ4n) is 2.26. The van der Waals surface area contributed by atoms with Gasteiger partial charge in [-0.15, -0.1) is 0 Å². The number of hydrogen-bond acceptors (Lipinski definition) is 8. The first-order valence-corrected chi connectivity index (χ1v) is 10.4. The number of nitrogens with one attached hydrogen (secondary N) is 3. The van der Waals surface area contributed by atoms with Crippen molar-refractivity contribution in [3.05, 3.63) is 28.4 Å². The Labute approximate surface area is 190 Å². The molecule has 0 aromatic carbocycles. The van der Waals surface area contributed by atoms with Crippen LogP contribution in [0.2, 0.25) is 0 Å². The van der Waals surface area contributed by atoms with E-state index in [1.807, 2.05) is 41.5 Å². The molecule has 2 unspecified atom stereocenters. The topological polar surface area (TPSA) is 190 Å². The summed E-state index contributed by atoms with van der Waals surface area (Å²) < 4.78 is 0. The van der Waals surface area contributed by atoms with Crippen molar-refractivity contribution >= 4 is 24.4 Å². The molecule has 2 heterocycles. The van der Waals surface area contributed by atoms with E-state index < -0.39 is 11.9 Å². The van der Waals surface area contributed by atoms with Crippen LogP contribution in [-0.4, -0.2) is 59.5 Å². The third-order valence-corrected chi connectivity index (χ3v) is 4.12. The third kappa shape index (κ3) is 14.1. The number of aromatic nitrogens is 2. The molecule has 184 valence electrons. The van der Waals surface area contributed by atoms with Crippen molar-refractivity contribution in [1.82, 2.24) is 20.6 Å². The number of nitrogens with two attached hydrogens (primary N) is 2. The second kappa shape index (κ2) is 17.7. The van der Waals surface area contributed by atoms with E-state index >= 15 is 0 Å². The zero-order valence-electron chi connectivity index (χ0n) is 19.8. The van der Waals surface area contributed by atoms with Gasteiger partial charge in [0.25, 0.3) is 5.56 Å². The molecule has 11 heteroatoms. The minimum Gasteiger partial charge on any atom is -0.368 e. The Morgan fingerprint density at radius 2 is 1.69 bits per heavy atom. The smallest absolute Gasteiger partial charge is 0.269 e. The number of nitrogens with zero attached hydrogens (tertiary/aromatic N) is 1. The Bertz CT molecular complexity index is 749. The van der Waals surface area contributed by atoms with Crippen LogP contribution < -0.4 is 27.7 Å². The zero-order valence-corrected chi connectivity index (χ0v) is 19.8. The number of aldehydes is 2. The lowest BCUT2D eigenvalue weighted by molar-refractivity contribution is -0.125. The van der Waals surface area contributed by atoms with Crippen LogP contribution in [0.4, 0.5) is 0 Å². The summed E-state index contributed by atoms with van der Waals surface area (Å²) >= 11 is 0. The fourth-order valence-corrected chi connectivity index (χ4v) is 2.26. The number of carbonyl (C=O) groups excluding carboxylic acids is 4. The minimum atomic E-state index is -0.491. The summed E-state index contributed by atoms with van der Waals surface area (Å²) in [6.07, 6.45) is 3.52. The van der Waals surface area contributed by atoms with Gasteiger partial charge in [0.15, 0.2) is 12.6 Å². The van der Waals surface area contributed by atoms with Gasteiger partial charge in [0, 0.05) is 32.8 Å². The minimum absolute atomic E-state index is 0. The molecule has 1 aliphatic rings. The Morgan fingerprint density at radius 3 is 1.94 bits per heavy atom. The number of hydrogen-bond donors (Lipinski definition) is 5. The highest BCUT2D eigenvalue weighted by molar-refractivity contribution is 6.09. The quantitative estimate of drug-likeness (QED) is 0.295. The maximum atomic E-state index is 11.1. The second-order valence-electron chi connectivity index (χ2n) is 7.87. The summed E-state index contributed by atoms with van der Waals surface area (Å²) in [5.74, 6) is 0.444. The molecule has 2 rings (SSSR count). The molecule has 1 fully saturated rings. The highest BCUT2D eigenvalue weighted by Crippen LogP contribution is 2.03.